The summed E-state index contributed by atoms with van der Waals surface area (Å²) in [5.41, 5.74) is 4.40. The Kier molecular flexibility index (Phi) is 5.95. The predicted octanol–water partition coefficient (Wildman–Crippen LogP) is 7.49. The van der Waals surface area contributed by atoms with Gasteiger partial charge in [0.25, 0.3) is 0 Å². The van der Waals surface area contributed by atoms with Crippen LogP contribution in [0.1, 0.15) is 42.9 Å². The Bertz CT molecular complexity index is 1660. The van der Waals surface area contributed by atoms with E-state index in [1.54, 1.807) is 13.8 Å². The van der Waals surface area contributed by atoms with Crippen molar-refractivity contribution < 1.29 is 28.3 Å². The maximum atomic E-state index is 12.8. The van der Waals surface area contributed by atoms with Crippen molar-refractivity contribution >= 4 is 29.0 Å². The first-order chi connectivity index (χ1) is 18.8. The van der Waals surface area contributed by atoms with E-state index < -0.39 is 23.6 Å². The van der Waals surface area contributed by atoms with Crippen LogP contribution in [0.15, 0.2) is 87.7 Å². The second-order valence-corrected chi connectivity index (χ2v) is 9.80. The molecule has 8 heteroatoms. The zero-order valence-electron chi connectivity index (χ0n) is 21.4. The van der Waals surface area contributed by atoms with E-state index in [1.165, 1.54) is 0 Å². The maximum absolute atomic E-state index is 12.8. The number of nitrogens with one attached hydrogen (secondary N) is 1. The number of amides is 1. The number of carbonyl (C=O) groups excluding carboxylic acids is 1. The third-order valence-electron chi connectivity index (χ3n) is 7.22. The molecule has 2 aromatic heterocycles. The lowest BCUT2D eigenvalue weighted by Gasteiger charge is -2.14. The number of aromatic nitrogens is 1. The normalized spacial score (nSPS) is 14.6. The first kappa shape index (κ1) is 24.5. The molecule has 8 nitrogen and oxygen atoms in total. The minimum absolute atomic E-state index is 0.209. The number of oxazole rings is 1. The summed E-state index contributed by atoms with van der Waals surface area (Å²) in [5.74, 6) is 0.260. The number of ether oxygens (including phenoxy) is 1. The van der Waals surface area contributed by atoms with E-state index in [-0.39, 0.29) is 5.78 Å². The molecule has 0 bridgehead atoms. The summed E-state index contributed by atoms with van der Waals surface area (Å²) in [7, 11) is 0. The van der Waals surface area contributed by atoms with Crippen LogP contribution in [0.25, 0.3) is 33.7 Å². The molecule has 196 valence electrons. The highest BCUT2D eigenvalue weighted by Crippen LogP contribution is 2.48. The van der Waals surface area contributed by atoms with Crippen LogP contribution in [0.4, 0.5) is 10.5 Å². The Balaban J connectivity index is 1.25. The van der Waals surface area contributed by atoms with Gasteiger partial charge in [-0.25, -0.2) is 9.78 Å². The lowest BCUT2D eigenvalue weighted by atomic mass is 9.93. The summed E-state index contributed by atoms with van der Waals surface area (Å²) in [6, 6.07) is 24.8. The monoisotopic (exact) mass is 522 g/mol. The zero-order valence-corrected chi connectivity index (χ0v) is 21.4. The number of fused-ring (bicyclic) bond motifs is 1. The molecular weight excluding hydrogens is 496 g/mol. The Morgan fingerprint density at radius 3 is 2.15 bits per heavy atom. The zero-order chi connectivity index (χ0) is 27.1. The summed E-state index contributed by atoms with van der Waals surface area (Å²) >= 11 is 0. The van der Waals surface area contributed by atoms with Crippen molar-refractivity contribution in [3.63, 3.8) is 0 Å². The van der Waals surface area contributed by atoms with Crippen LogP contribution in [0.5, 0.6) is 0 Å². The number of nitrogens with zero attached hydrogens (tertiary/aromatic N) is 1. The Morgan fingerprint density at radius 1 is 0.923 bits per heavy atom. The summed E-state index contributed by atoms with van der Waals surface area (Å²) in [6.45, 7) is 3.51. The molecule has 3 aromatic carbocycles. The molecule has 0 saturated heterocycles. The number of furan rings is 1. The van der Waals surface area contributed by atoms with Gasteiger partial charge in [-0.15, -0.1) is 0 Å². The molecule has 0 spiro atoms. The van der Waals surface area contributed by atoms with E-state index >= 15 is 0 Å². The van der Waals surface area contributed by atoms with Gasteiger partial charge in [0.1, 0.15) is 11.8 Å². The SMILES string of the molecule is Cc1nc2c(NC(=O)OC(C)c3ccccc3)c(-c3ccc(-c4ccc(C5(C(=O)O)CC5)cc4)cc3)oc2o1. The summed E-state index contributed by atoms with van der Waals surface area (Å²) in [6.07, 6.45) is 0.257. The van der Waals surface area contributed by atoms with Crippen LogP contribution < -0.4 is 5.32 Å². The molecule has 5 aromatic rings. The highest BCUT2D eigenvalue weighted by Gasteiger charge is 2.51. The molecule has 0 radical (unpaired) electrons. The fourth-order valence-electron chi connectivity index (χ4n) is 4.84. The quantitative estimate of drug-likeness (QED) is 0.227. The van der Waals surface area contributed by atoms with Crippen molar-refractivity contribution in [3.05, 3.63) is 95.9 Å². The minimum Gasteiger partial charge on any atom is -0.481 e. The van der Waals surface area contributed by atoms with Crippen molar-refractivity contribution in [2.45, 2.75) is 38.2 Å². The molecule has 1 aliphatic carbocycles. The van der Waals surface area contributed by atoms with Gasteiger partial charge in [0.05, 0.1) is 5.41 Å². The molecule has 39 heavy (non-hydrogen) atoms. The molecule has 0 aliphatic heterocycles. The number of aliphatic carboxylic acids is 1. The number of benzene rings is 3. The molecule has 2 N–H and O–H groups in total. The van der Waals surface area contributed by atoms with E-state index in [0.717, 1.165) is 27.8 Å². The van der Waals surface area contributed by atoms with Gasteiger partial charge in [-0.1, -0.05) is 78.9 Å². The molecule has 1 atom stereocenters. The average Bonchev–Trinajstić information content (AvgIpc) is 3.60. The van der Waals surface area contributed by atoms with Crippen molar-refractivity contribution in [2.75, 3.05) is 5.32 Å². The first-order valence-corrected chi connectivity index (χ1v) is 12.7. The largest absolute Gasteiger partial charge is 0.481 e. The molecule has 1 aliphatic rings. The van der Waals surface area contributed by atoms with E-state index in [2.05, 4.69) is 10.3 Å². The Labute approximate surface area is 224 Å². The Hall–Kier alpha value is -4.85. The highest BCUT2D eigenvalue weighted by atomic mass is 16.6. The van der Waals surface area contributed by atoms with Crippen LogP contribution in [0.3, 0.4) is 0 Å². The lowest BCUT2D eigenvalue weighted by Crippen LogP contribution is -2.19. The third kappa shape index (κ3) is 4.54. The molecule has 1 amide bonds. The van der Waals surface area contributed by atoms with Gasteiger partial charge in [0.15, 0.2) is 17.2 Å². The van der Waals surface area contributed by atoms with Gasteiger partial charge in [-0.3, -0.25) is 10.1 Å². The van der Waals surface area contributed by atoms with Gasteiger partial charge in [0.2, 0.25) is 0 Å². The maximum Gasteiger partial charge on any atom is 0.412 e. The number of hydrogen-bond acceptors (Lipinski definition) is 6. The topological polar surface area (TPSA) is 115 Å². The lowest BCUT2D eigenvalue weighted by molar-refractivity contribution is -0.140. The number of hydrogen-bond donors (Lipinski definition) is 2. The number of carboxylic acid groups (broad SMARTS) is 1. The van der Waals surface area contributed by atoms with E-state index in [4.69, 9.17) is 13.6 Å². The summed E-state index contributed by atoms with van der Waals surface area (Å²) in [4.78, 5) is 28.9. The van der Waals surface area contributed by atoms with Gasteiger partial charge >= 0.3 is 17.8 Å². The predicted molar refractivity (Wildman–Crippen MR) is 145 cm³/mol. The van der Waals surface area contributed by atoms with Crippen LogP contribution in [0, 0.1) is 6.92 Å². The number of anilines is 1. The van der Waals surface area contributed by atoms with Gasteiger partial charge < -0.3 is 18.7 Å². The third-order valence-corrected chi connectivity index (χ3v) is 7.22. The highest BCUT2D eigenvalue weighted by molar-refractivity contribution is 6.02. The molecule has 6 rings (SSSR count). The van der Waals surface area contributed by atoms with Crippen molar-refractivity contribution in [3.8, 4) is 22.5 Å². The fraction of sp³-hybridized carbons (Fsp3) is 0.194. The smallest absolute Gasteiger partial charge is 0.412 e. The Morgan fingerprint density at radius 2 is 1.54 bits per heavy atom. The number of aryl methyl sites for hydroxylation is 1. The van der Waals surface area contributed by atoms with E-state index in [1.807, 2.05) is 78.9 Å². The van der Waals surface area contributed by atoms with E-state index in [0.29, 0.717) is 35.7 Å². The number of carboxylic acids is 1. The second kappa shape index (κ2) is 9.47. The molecule has 2 heterocycles. The van der Waals surface area contributed by atoms with Gasteiger partial charge in [-0.2, -0.15) is 0 Å². The standard InChI is InChI=1S/C31H26N2O6/c1-18(20-6-4-3-5-7-20)37-30(36)33-25-26-28(38-19(2)32-26)39-27(25)23-10-8-21(9-11-23)22-12-14-24(15-13-22)31(16-17-31)29(34)35/h3-15,18H,16-17H2,1-2H3,(H,33,36)(H,34,35). The van der Waals surface area contributed by atoms with Crippen molar-refractivity contribution in [2.24, 2.45) is 0 Å². The molecule has 1 unspecified atom stereocenters. The van der Waals surface area contributed by atoms with Crippen LogP contribution in [0.2, 0.25) is 0 Å². The van der Waals surface area contributed by atoms with Crippen molar-refractivity contribution in [1.82, 2.24) is 4.98 Å². The van der Waals surface area contributed by atoms with Crippen LogP contribution >= 0.6 is 0 Å². The van der Waals surface area contributed by atoms with Crippen molar-refractivity contribution in [1.29, 1.82) is 0 Å². The first-order valence-electron chi connectivity index (χ1n) is 12.7. The number of carbonyl (C=O) groups is 2. The van der Waals surface area contributed by atoms with Crippen LogP contribution in [-0.4, -0.2) is 22.2 Å². The number of rotatable bonds is 7. The fourth-order valence-corrected chi connectivity index (χ4v) is 4.84. The minimum atomic E-state index is -0.767. The average molecular weight is 523 g/mol. The molecule has 1 fully saturated rings. The summed E-state index contributed by atoms with van der Waals surface area (Å²) in [5, 5.41) is 12.4. The molecular formula is C31H26N2O6. The van der Waals surface area contributed by atoms with Gasteiger partial charge in [-0.05, 0) is 42.0 Å². The van der Waals surface area contributed by atoms with Gasteiger partial charge in [0, 0.05) is 12.5 Å². The summed E-state index contributed by atoms with van der Waals surface area (Å²) < 4.78 is 17.2. The second-order valence-electron chi connectivity index (χ2n) is 9.80. The van der Waals surface area contributed by atoms with E-state index in [9.17, 15) is 14.7 Å². The molecule has 1 saturated carbocycles. The van der Waals surface area contributed by atoms with Crippen LogP contribution in [-0.2, 0) is 14.9 Å².